The van der Waals surface area contributed by atoms with E-state index < -0.39 is 23.6 Å². The number of carbonyl (C=O) groups excluding carboxylic acids is 3. The monoisotopic (exact) mass is 326 g/mol. The topological polar surface area (TPSA) is 76.2 Å². The zero-order valence-electron chi connectivity index (χ0n) is 14.5. The van der Waals surface area contributed by atoms with Crippen LogP contribution in [0, 0.1) is 5.92 Å². The average Bonchev–Trinajstić information content (AvgIpc) is 2.38. The van der Waals surface area contributed by atoms with Gasteiger partial charge in [0.25, 0.3) is 0 Å². The molecular weight excluding hydrogens is 300 g/mol. The third kappa shape index (κ3) is 3.83. The summed E-state index contributed by atoms with van der Waals surface area (Å²) >= 11 is 0. The number of esters is 1. The predicted octanol–water partition coefficient (Wildman–Crippen LogP) is 1.06. The van der Waals surface area contributed by atoms with E-state index in [4.69, 9.17) is 9.47 Å². The van der Waals surface area contributed by atoms with Gasteiger partial charge < -0.3 is 14.4 Å². The number of nitrogens with zero attached hydrogens (tertiary/aromatic N) is 2. The maximum absolute atomic E-state index is 12.3. The van der Waals surface area contributed by atoms with Gasteiger partial charge in [-0.2, -0.15) is 0 Å². The first-order valence-electron chi connectivity index (χ1n) is 8.03. The second-order valence-corrected chi connectivity index (χ2v) is 7.17. The van der Waals surface area contributed by atoms with Crippen molar-refractivity contribution < 1.29 is 23.9 Å². The van der Waals surface area contributed by atoms with Crippen molar-refractivity contribution in [2.24, 2.45) is 5.92 Å². The fourth-order valence-corrected chi connectivity index (χ4v) is 3.20. The summed E-state index contributed by atoms with van der Waals surface area (Å²) in [6, 6.07) is -0.444. The van der Waals surface area contributed by atoms with Gasteiger partial charge in [-0.15, -0.1) is 0 Å². The van der Waals surface area contributed by atoms with Crippen LogP contribution < -0.4 is 0 Å². The van der Waals surface area contributed by atoms with E-state index in [1.807, 2.05) is 32.7 Å². The first-order chi connectivity index (χ1) is 10.6. The molecule has 7 nitrogen and oxygen atoms in total. The SMILES string of the molecule is CCOC(=O)C1C(=O)C[C@@H]2CN(C(=O)OC(C)(C)C)C[C@H]1N2C. The molecule has 0 radical (unpaired) electrons. The van der Waals surface area contributed by atoms with Gasteiger partial charge in [0.1, 0.15) is 17.3 Å². The van der Waals surface area contributed by atoms with E-state index >= 15 is 0 Å². The molecule has 2 heterocycles. The highest BCUT2D eigenvalue weighted by Gasteiger charge is 2.50. The van der Waals surface area contributed by atoms with E-state index in [1.165, 1.54) is 0 Å². The summed E-state index contributed by atoms with van der Waals surface area (Å²) in [5.74, 6) is -1.43. The number of likely N-dealkylation sites (N-methyl/N-ethyl adjacent to an activating group) is 1. The highest BCUT2D eigenvalue weighted by atomic mass is 16.6. The predicted molar refractivity (Wildman–Crippen MR) is 82.9 cm³/mol. The first-order valence-corrected chi connectivity index (χ1v) is 8.03. The zero-order chi connectivity index (χ0) is 17.4. The fourth-order valence-electron chi connectivity index (χ4n) is 3.20. The molecular formula is C16H26N2O5. The van der Waals surface area contributed by atoms with E-state index in [0.717, 1.165) is 0 Å². The summed E-state index contributed by atoms with van der Waals surface area (Å²) in [6.45, 7) is 8.11. The lowest BCUT2D eigenvalue weighted by molar-refractivity contribution is -0.161. The van der Waals surface area contributed by atoms with Crippen molar-refractivity contribution >= 4 is 17.8 Å². The lowest BCUT2D eigenvalue weighted by Gasteiger charge is -2.49. The Hall–Kier alpha value is -1.63. The molecule has 7 heteroatoms. The number of carbonyl (C=O) groups is 3. The molecule has 3 atom stereocenters. The van der Waals surface area contributed by atoms with Crippen LogP contribution >= 0.6 is 0 Å². The van der Waals surface area contributed by atoms with Gasteiger partial charge in [-0.25, -0.2) is 4.79 Å². The molecule has 1 amide bonds. The van der Waals surface area contributed by atoms with Crippen molar-refractivity contribution in [1.29, 1.82) is 0 Å². The van der Waals surface area contributed by atoms with Crippen molar-refractivity contribution in [3.8, 4) is 0 Å². The summed E-state index contributed by atoms with van der Waals surface area (Å²) < 4.78 is 10.5. The number of fused-ring (bicyclic) bond motifs is 2. The molecule has 0 spiro atoms. The number of hydrogen-bond acceptors (Lipinski definition) is 6. The van der Waals surface area contributed by atoms with Gasteiger partial charge >= 0.3 is 12.1 Å². The molecule has 0 aromatic carbocycles. The Balaban J connectivity index is 2.16. The van der Waals surface area contributed by atoms with Crippen molar-refractivity contribution in [2.45, 2.75) is 51.8 Å². The van der Waals surface area contributed by atoms with Gasteiger partial charge in [0.05, 0.1) is 6.61 Å². The number of ketones is 1. The first kappa shape index (κ1) is 17.7. The van der Waals surface area contributed by atoms with Crippen LogP contribution in [-0.2, 0) is 19.1 Å². The standard InChI is InChI=1S/C16H26N2O5/c1-6-22-14(20)13-11-9-18(15(21)23-16(2,3)4)8-10(17(11)5)7-12(13)19/h10-11,13H,6-9H2,1-5H3/t10-,11-,13?/m1/s1. The van der Waals surface area contributed by atoms with Gasteiger partial charge in [-0.1, -0.05) is 0 Å². The number of piperazine rings is 1. The normalized spacial score (nSPS) is 28.5. The Kier molecular flexibility index (Phi) is 4.98. The van der Waals surface area contributed by atoms with Crippen LogP contribution in [0.25, 0.3) is 0 Å². The number of ether oxygens (including phenoxy) is 2. The maximum atomic E-state index is 12.3. The van der Waals surface area contributed by atoms with E-state index in [9.17, 15) is 14.4 Å². The van der Waals surface area contributed by atoms with Crippen LogP contribution in [0.3, 0.4) is 0 Å². The van der Waals surface area contributed by atoms with Crippen LogP contribution in [0.5, 0.6) is 0 Å². The van der Waals surface area contributed by atoms with Gasteiger partial charge in [0, 0.05) is 31.6 Å². The Morgan fingerprint density at radius 3 is 2.48 bits per heavy atom. The van der Waals surface area contributed by atoms with E-state index in [-0.39, 0.29) is 37.4 Å². The number of hydrogen-bond donors (Lipinski definition) is 0. The van der Waals surface area contributed by atoms with Gasteiger partial charge in [0.2, 0.25) is 0 Å². The summed E-state index contributed by atoms with van der Waals surface area (Å²) in [4.78, 5) is 40.4. The zero-order valence-corrected chi connectivity index (χ0v) is 14.5. The highest BCUT2D eigenvalue weighted by Crippen LogP contribution is 2.31. The second-order valence-electron chi connectivity index (χ2n) is 7.17. The molecule has 130 valence electrons. The molecule has 0 saturated carbocycles. The average molecular weight is 326 g/mol. The van der Waals surface area contributed by atoms with Crippen molar-refractivity contribution in [3.63, 3.8) is 0 Å². The van der Waals surface area contributed by atoms with Crippen molar-refractivity contribution in [2.75, 3.05) is 26.7 Å². The Morgan fingerprint density at radius 1 is 1.26 bits per heavy atom. The smallest absolute Gasteiger partial charge is 0.410 e. The minimum atomic E-state index is -0.832. The minimum absolute atomic E-state index is 0.0838. The van der Waals surface area contributed by atoms with E-state index in [0.29, 0.717) is 6.54 Å². The molecule has 2 aliphatic rings. The summed E-state index contributed by atoms with van der Waals surface area (Å²) in [7, 11) is 1.89. The molecule has 1 unspecified atom stereocenters. The molecule has 2 saturated heterocycles. The number of piperidine rings is 1. The van der Waals surface area contributed by atoms with Crippen LogP contribution in [0.15, 0.2) is 0 Å². The number of likely N-dealkylation sites (tertiary alicyclic amines) is 1. The number of rotatable bonds is 2. The molecule has 0 N–H and O–H groups in total. The fraction of sp³-hybridized carbons (Fsp3) is 0.812. The van der Waals surface area contributed by atoms with Crippen molar-refractivity contribution in [1.82, 2.24) is 9.80 Å². The van der Waals surface area contributed by atoms with Gasteiger partial charge in [-0.05, 0) is 34.7 Å². The maximum Gasteiger partial charge on any atom is 0.410 e. The molecule has 0 aromatic heterocycles. The van der Waals surface area contributed by atoms with E-state index in [1.54, 1.807) is 11.8 Å². The number of Topliss-reactive ketones (excluding diaryl/α,β-unsaturated/α-hetero) is 1. The van der Waals surface area contributed by atoms with Crippen LogP contribution in [0.1, 0.15) is 34.1 Å². The Morgan fingerprint density at radius 2 is 1.91 bits per heavy atom. The van der Waals surface area contributed by atoms with Gasteiger partial charge in [-0.3, -0.25) is 14.5 Å². The lowest BCUT2D eigenvalue weighted by atomic mass is 9.81. The second kappa shape index (κ2) is 6.47. The molecule has 2 aliphatic heterocycles. The van der Waals surface area contributed by atoms with Crippen LogP contribution in [0.2, 0.25) is 0 Å². The van der Waals surface area contributed by atoms with Crippen LogP contribution in [0.4, 0.5) is 4.79 Å². The third-order valence-corrected chi connectivity index (χ3v) is 4.30. The van der Waals surface area contributed by atoms with Crippen molar-refractivity contribution in [3.05, 3.63) is 0 Å². The molecule has 2 bridgehead atoms. The largest absolute Gasteiger partial charge is 0.465 e. The molecule has 2 fully saturated rings. The third-order valence-electron chi connectivity index (χ3n) is 4.30. The molecule has 0 aliphatic carbocycles. The lowest BCUT2D eigenvalue weighted by Crippen LogP contribution is -2.67. The summed E-state index contributed by atoms with van der Waals surface area (Å²) in [5.41, 5.74) is -0.577. The summed E-state index contributed by atoms with van der Waals surface area (Å²) in [5, 5.41) is 0. The quantitative estimate of drug-likeness (QED) is 0.558. The summed E-state index contributed by atoms with van der Waals surface area (Å²) in [6.07, 6.45) is -0.159. The highest BCUT2D eigenvalue weighted by molar-refractivity contribution is 6.01. The molecule has 23 heavy (non-hydrogen) atoms. The molecule has 2 rings (SSSR count). The Labute approximate surface area is 136 Å². The van der Waals surface area contributed by atoms with Gasteiger partial charge in [0.15, 0.2) is 0 Å². The van der Waals surface area contributed by atoms with E-state index in [2.05, 4.69) is 0 Å². The van der Waals surface area contributed by atoms with Crippen LogP contribution in [-0.4, -0.2) is 72.1 Å². The Bertz CT molecular complexity index is 491. The molecule has 0 aromatic rings. The minimum Gasteiger partial charge on any atom is -0.465 e. The number of amides is 1.